The van der Waals surface area contributed by atoms with Gasteiger partial charge in [0.1, 0.15) is 0 Å². The minimum Gasteiger partial charge on any atom is -0.294 e. The molecule has 0 fully saturated rings. The lowest BCUT2D eigenvalue weighted by molar-refractivity contribution is 0.0569. The molecule has 0 N–H and O–H groups in total. The highest BCUT2D eigenvalue weighted by atomic mass is 32.1. The molecular weight excluding hydrogens is 346 g/mol. The molecule has 1 aromatic heterocycles. The predicted molar refractivity (Wildman–Crippen MR) is 99.4 cm³/mol. The van der Waals surface area contributed by atoms with Crippen LogP contribution in [-0.4, -0.2) is 22.5 Å². The van der Waals surface area contributed by atoms with Crippen LogP contribution in [0.5, 0.6) is 0 Å². The fourth-order valence-electron chi connectivity index (χ4n) is 3.23. The number of Topliss-reactive ketones (excluding diaryl/α,β-unsaturated/α-hetero) is 1. The van der Waals surface area contributed by atoms with E-state index in [-0.39, 0.29) is 24.0 Å². The molecule has 3 aromatic rings. The van der Waals surface area contributed by atoms with Gasteiger partial charge >= 0.3 is 0 Å². The molecule has 2 heterocycles. The van der Waals surface area contributed by atoms with Crippen LogP contribution in [0.2, 0.25) is 0 Å². The van der Waals surface area contributed by atoms with E-state index in [0.717, 1.165) is 5.56 Å². The summed E-state index contributed by atoms with van der Waals surface area (Å²) in [6, 6.07) is 17.0. The first-order valence-electron chi connectivity index (χ1n) is 8.24. The molecule has 1 aliphatic heterocycles. The van der Waals surface area contributed by atoms with E-state index in [4.69, 9.17) is 0 Å². The van der Waals surface area contributed by atoms with Crippen LogP contribution in [0.3, 0.4) is 0 Å². The lowest BCUT2D eigenvalue weighted by atomic mass is 9.98. The number of nitrogens with zero attached hydrogens (tertiary/aromatic N) is 1. The van der Waals surface area contributed by atoms with E-state index >= 15 is 0 Å². The monoisotopic (exact) mass is 361 g/mol. The molecule has 4 rings (SSSR count). The van der Waals surface area contributed by atoms with E-state index in [1.54, 1.807) is 48.5 Å². The molecule has 2 aromatic carbocycles. The third-order valence-corrected chi connectivity index (χ3v) is 5.24. The van der Waals surface area contributed by atoms with Crippen molar-refractivity contribution in [2.45, 2.75) is 12.5 Å². The first kappa shape index (κ1) is 16.4. The van der Waals surface area contributed by atoms with Crippen molar-refractivity contribution >= 4 is 28.9 Å². The number of thiophene rings is 1. The van der Waals surface area contributed by atoms with Crippen LogP contribution in [0, 0.1) is 0 Å². The fourth-order valence-corrected chi connectivity index (χ4v) is 3.94. The Morgan fingerprint density at radius 1 is 0.885 bits per heavy atom. The first-order valence-corrected chi connectivity index (χ1v) is 9.18. The standard InChI is InChI=1S/C21H15NO3S/c23-19(14-6-2-1-3-7-14)12-18(15-10-11-26-13-15)22-20(24)16-8-4-5-9-17(16)21(22)25/h1-11,13,18H,12H2/t18-/m0/s1. The number of ketones is 1. The summed E-state index contributed by atoms with van der Waals surface area (Å²) in [4.78, 5) is 39.7. The zero-order valence-corrected chi connectivity index (χ0v) is 14.6. The average Bonchev–Trinajstić information content (AvgIpc) is 3.29. The van der Waals surface area contributed by atoms with Crippen molar-refractivity contribution in [2.75, 3.05) is 0 Å². The van der Waals surface area contributed by atoms with E-state index in [0.29, 0.717) is 16.7 Å². The highest BCUT2D eigenvalue weighted by Crippen LogP contribution is 2.35. The lowest BCUT2D eigenvalue weighted by Gasteiger charge is -2.25. The third kappa shape index (κ3) is 2.76. The second kappa shape index (κ2) is 6.69. The van der Waals surface area contributed by atoms with Gasteiger partial charge in [0.15, 0.2) is 5.78 Å². The number of carbonyl (C=O) groups is 3. The molecule has 0 bridgehead atoms. The Morgan fingerprint density at radius 2 is 1.50 bits per heavy atom. The summed E-state index contributed by atoms with van der Waals surface area (Å²) in [5.74, 6) is -0.788. The maximum Gasteiger partial charge on any atom is 0.262 e. The minimum atomic E-state index is -0.610. The number of hydrogen-bond donors (Lipinski definition) is 0. The van der Waals surface area contributed by atoms with Crippen molar-refractivity contribution in [2.24, 2.45) is 0 Å². The van der Waals surface area contributed by atoms with Crippen molar-refractivity contribution in [1.82, 2.24) is 4.90 Å². The van der Waals surface area contributed by atoms with Crippen LogP contribution in [0.25, 0.3) is 0 Å². The van der Waals surface area contributed by atoms with E-state index in [9.17, 15) is 14.4 Å². The molecule has 4 nitrogen and oxygen atoms in total. The van der Waals surface area contributed by atoms with Gasteiger partial charge in [-0.1, -0.05) is 42.5 Å². The Hall–Kier alpha value is -3.05. The quantitative estimate of drug-likeness (QED) is 0.501. The molecule has 2 amide bonds. The highest BCUT2D eigenvalue weighted by molar-refractivity contribution is 7.08. The normalized spacial score (nSPS) is 14.4. The summed E-state index contributed by atoms with van der Waals surface area (Å²) in [6.45, 7) is 0. The van der Waals surface area contributed by atoms with Gasteiger partial charge in [-0.25, -0.2) is 0 Å². The topological polar surface area (TPSA) is 54.5 Å². The van der Waals surface area contributed by atoms with E-state index in [2.05, 4.69) is 0 Å². The van der Waals surface area contributed by atoms with Gasteiger partial charge in [-0.2, -0.15) is 11.3 Å². The van der Waals surface area contributed by atoms with Gasteiger partial charge in [0.25, 0.3) is 11.8 Å². The smallest absolute Gasteiger partial charge is 0.262 e. The van der Waals surface area contributed by atoms with Gasteiger partial charge in [-0.15, -0.1) is 0 Å². The van der Waals surface area contributed by atoms with Gasteiger partial charge < -0.3 is 0 Å². The fraction of sp³-hybridized carbons (Fsp3) is 0.0952. The van der Waals surface area contributed by atoms with Crippen molar-refractivity contribution in [3.8, 4) is 0 Å². The van der Waals surface area contributed by atoms with Crippen LogP contribution < -0.4 is 0 Å². The summed E-state index contributed by atoms with van der Waals surface area (Å²) in [5.41, 5.74) is 2.16. The number of amides is 2. The summed E-state index contributed by atoms with van der Waals surface area (Å²) in [6.07, 6.45) is 0.0617. The zero-order valence-electron chi connectivity index (χ0n) is 13.8. The minimum absolute atomic E-state index is 0.0617. The maximum atomic E-state index is 12.9. The van der Waals surface area contributed by atoms with Crippen LogP contribution in [0.1, 0.15) is 49.1 Å². The summed E-state index contributed by atoms with van der Waals surface area (Å²) in [7, 11) is 0. The molecular formula is C21H15NO3S. The molecule has 26 heavy (non-hydrogen) atoms. The molecule has 1 atom stereocenters. The van der Waals surface area contributed by atoms with Crippen LogP contribution in [0.4, 0.5) is 0 Å². The van der Waals surface area contributed by atoms with E-state index in [1.807, 2.05) is 22.9 Å². The van der Waals surface area contributed by atoms with Crippen LogP contribution in [0.15, 0.2) is 71.4 Å². The van der Waals surface area contributed by atoms with Crippen molar-refractivity contribution in [3.05, 3.63) is 93.7 Å². The van der Waals surface area contributed by atoms with Gasteiger partial charge in [0.2, 0.25) is 0 Å². The molecule has 128 valence electrons. The van der Waals surface area contributed by atoms with Gasteiger partial charge in [0, 0.05) is 12.0 Å². The van der Waals surface area contributed by atoms with Crippen LogP contribution >= 0.6 is 11.3 Å². The predicted octanol–water partition coefficient (Wildman–Crippen LogP) is 4.36. The molecule has 0 saturated heterocycles. The molecule has 5 heteroatoms. The van der Waals surface area contributed by atoms with Gasteiger partial charge in [-0.3, -0.25) is 19.3 Å². The Bertz CT molecular complexity index is 945. The van der Waals surface area contributed by atoms with E-state index in [1.165, 1.54) is 16.2 Å². The lowest BCUT2D eigenvalue weighted by Crippen LogP contribution is -2.35. The Labute approximate surface area is 154 Å². The van der Waals surface area contributed by atoms with Crippen LogP contribution in [-0.2, 0) is 0 Å². The Balaban J connectivity index is 1.71. The second-order valence-corrected chi connectivity index (χ2v) is 6.87. The third-order valence-electron chi connectivity index (χ3n) is 4.54. The van der Waals surface area contributed by atoms with Crippen molar-refractivity contribution in [1.29, 1.82) is 0 Å². The number of carbonyl (C=O) groups excluding carboxylic acids is 3. The summed E-state index contributed by atoms with van der Waals surface area (Å²) >= 11 is 1.48. The Kier molecular flexibility index (Phi) is 4.22. The average molecular weight is 361 g/mol. The SMILES string of the molecule is O=C(C[C@@H](c1ccsc1)N1C(=O)c2ccccc2C1=O)c1ccccc1. The summed E-state index contributed by atoms with van der Waals surface area (Å²) < 4.78 is 0. The number of fused-ring (bicyclic) bond motifs is 1. The summed E-state index contributed by atoms with van der Waals surface area (Å²) in [5, 5.41) is 3.76. The van der Waals surface area contributed by atoms with Gasteiger partial charge in [0.05, 0.1) is 17.2 Å². The number of rotatable bonds is 5. The van der Waals surface area contributed by atoms with E-state index < -0.39 is 6.04 Å². The van der Waals surface area contributed by atoms with Crippen molar-refractivity contribution < 1.29 is 14.4 Å². The number of benzene rings is 2. The number of hydrogen-bond acceptors (Lipinski definition) is 4. The molecule has 0 spiro atoms. The molecule has 0 unspecified atom stereocenters. The Morgan fingerprint density at radius 3 is 2.08 bits per heavy atom. The molecule has 0 radical (unpaired) electrons. The largest absolute Gasteiger partial charge is 0.294 e. The zero-order chi connectivity index (χ0) is 18.1. The molecule has 1 aliphatic rings. The second-order valence-electron chi connectivity index (χ2n) is 6.09. The number of imide groups is 1. The highest BCUT2D eigenvalue weighted by Gasteiger charge is 2.41. The maximum absolute atomic E-state index is 12.9. The molecule has 0 saturated carbocycles. The molecule has 0 aliphatic carbocycles. The van der Waals surface area contributed by atoms with Crippen molar-refractivity contribution in [3.63, 3.8) is 0 Å². The van der Waals surface area contributed by atoms with Gasteiger partial charge in [-0.05, 0) is 34.5 Å². The first-order chi connectivity index (χ1) is 12.7.